The molecule has 0 aliphatic heterocycles. The van der Waals surface area contributed by atoms with Crippen LogP contribution in [0, 0.1) is 13.8 Å². The predicted octanol–water partition coefficient (Wildman–Crippen LogP) is 8.13. The lowest BCUT2D eigenvalue weighted by molar-refractivity contribution is 0.130. The van der Waals surface area contributed by atoms with Crippen LogP contribution < -0.4 is 10.1 Å². The van der Waals surface area contributed by atoms with Crippen LogP contribution >= 0.6 is 11.3 Å². The summed E-state index contributed by atoms with van der Waals surface area (Å²) < 4.78 is 13.6. The summed E-state index contributed by atoms with van der Waals surface area (Å²) in [5, 5.41) is 5.05. The number of hydrogen-bond donors (Lipinski definition) is 1. The Morgan fingerprint density at radius 3 is 2.50 bits per heavy atom. The second kappa shape index (κ2) is 9.97. The first-order valence-corrected chi connectivity index (χ1v) is 13.5. The SMILES string of the molecule is CCOc1ccc2c(-c3nc(C)c(C)s3)c(-c3ccc(NC(=O)OC(C)C)cc3)n(C3CCC3)c2c1. The van der Waals surface area contributed by atoms with Crippen molar-refractivity contribution >= 4 is 34.0 Å². The molecule has 4 aromatic rings. The van der Waals surface area contributed by atoms with E-state index < -0.39 is 6.09 Å². The molecule has 2 heterocycles. The number of nitrogens with one attached hydrogen (secondary N) is 1. The van der Waals surface area contributed by atoms with E-state index in [0.717, 1.165) is 34.9 Å². The molecule has 0 atom stereocenters. The minimum absolute atomic E-state index is 0.170. The first-order chi connectivity index (χ1) is 17.4. The fourth-order valence-electron chi connectivity index (χ4n) is 4.72. The van der Waals surface area contributed by atoms with Gasteiger partial charge in [-0.05, 0) is 83.7 Å². The van der Waals surface area contributed by atoms with Gasteiger partial charge in [-0.15, -0.1) is 11.3 Å². The molecule has 1 N–H and O–H groups in total. The molecule has 0 radical (unpaired) electrons. The van der Waals surface area contributed by atoms with Crippen molar-refractivity contribution in [1.82, 2.24) is 9.55 Å². The van der Waals surface area contributed by atoms with Gasteiger partial charge in [0.2, 0.25) is 0 Å². The molecule has 6 nitrogen and oxygen atoms in total. The van der Waals surface area contributed by atoms with Gasteiger partial charge in [-0.2, -0.15) is 0 Å². The smallest absolute Gasteiger partial charge is 0.411 e. The molecule has 7 heteroatoms. The number of benzene rings is 2. The van der Waals surface area contributed by atoms with Crippen molar-refractivity contribution in [3.63, 3.8) is 0 Å². The van der Waals surface area contributed by atoms with E-state index in [-0.39, 0.29) is 6.10 Å². The first-order valence-electron chi connectivity index (χ1n) is 12.7. The average Bonchev–Trinajstić information content (AvgIpc) is 3.29. The van der Waals surface area contributed by atoms with Gasteiger partial charge in [0.15, 0.2) is 0 Å². The van der Waals surface area contributed by atoms with E-state index in [4.69, 9.17) is 14.5 Å². The molecule has 188 valence electrons. The maximum absolute atomic E-state index is 12.1. The Kier molecular flexibility index (Phi) is 6.75. The van der Waals surface area contributed by atoms with Crippen LogP contribution in [0.15, 0.2) is 42.5 Å². The molecule has 0 saturated heterocycles. The van der Waals surface area contributed by atoms with Crippen molar-refractivity contribution in [2.75, 3.05) is 11.9 Å². The number of thiazole rings is 1. The van der Waals surface area contributed by atoms with Crippen LogP contribution in [-0.2, 0) is 4.74 Å². The van der Waals surface area contributed by atoms with Gasteiger partial charge in [0.1, 0.15) is 10.8 Å². The second-order valence-electron chi connectivity index (χ2n) is 9.61. The number of nitrogens with zero attached hydrogens (tertiary/aromatic N) is 2. The van der Waals surface area contributed by atoms with Crippen molar-refractivity contribution in [3.05, 3.63) is 53.0 Å². The van der Waals surface area contributed by atoms with Crippen LogP contribution in [0.25, 0.3) is 32.7 Å². The summed E-state index contributed by atoms with van der Waals surface area (Å²) in [7, 11) is 0. The number of anilines is 1. The van der Waals surface area contributed by atoms with Crippen molar-refractivity contribution < 1.29 is 14.3 Å². The quantitative estimate of drug-likeness (QED) is 0.276. The number of fused-ring (bicyclic) bond motifs is 1. The van der Waals surface area contributed by atoms with E-state index in [0.29, 0.717) is 18.3 Å². The van der Waals surface area contributed by atoms with Crippen LogP contribution in [0.4, 0.5) is 10.5 Å². The predicted molar refractivity (Wildman–Crippen MR) is 147 cm³/mol. The Morgan fingerprint density at radius 1 is 1.17 bits per heavy atom. The Balaban J connectivity index is 1.68. The average molecular weight is 504 g/mol. The van der Waals surface area contributed by atoms with E-state index in [2.05, 4.69) is 54.1 Å². The first kappa shape index (κ1) is 24.4. The fourth-order valence-corrected chi connectivity index (χ4v) is 5.70. The summed E-state index contributed by atoms with van der Waals surface area (Å²) in [6.07, 6.45) is 2.94. The van der Waals surface area contributed by atoms with E-state index in [9.17, 15) is 4.79 Å². The molecule has 0 bridgehead atoms. The van der Waals surface area contributed by atoms with Crippen LogP contribution in [0.5, 0.6) is 5.75 Å². The number of ether oxygens (including phenoxy) is 2. The highest BCUT2D eigenvalue weighted by molar-refractivity contribution is 7.15. The van der Waals surface area contributed by atoms with Crippen LogP contribution in [0.3, 0.4) is 0 Å². The molecular formula is C29H33N3O3S. The number of carbonyl (C=O) groups is 1. The Bertz CT molecular complexity index is 1380. The molecular weight excluding hydrogens is 470 g/mol. The zero-order valence-corrected chi connectivity index (χ0v) is 22.4. The molecule has 0 spiro atoms. The van der Waals surface area contributed by atoms with Gasteiger partial charge in [0.25, 0.3) is 0 Å². The number of hydrogen-bond acceptors (Lipinski definition) is 5. The zero-order valence-electron chi connectivity index (χ0n) is 21.6. The van der Waals surface area contributed by atoms with Gasteiger partial charge < -0.3 is 14.0 Å². The summed E-state index contributed by atoms with van der Waals surface area (Å²) in [6.45, 7) is 10.5. The maximum atomic E-state index is 12.1. The van der Waals surface area contributed by atoms with Crippen LogP contribution in [0.2, 0.25) is 0 Å². The monoisotopic (exact) mass is 503 g/mol. The summed E-state index contributed by atoms with van der Waals surface area (Å²) >= 11 is 1.74. The molecule has 0 unspecified atom stereocenters. The van der Waals surface area contributed by atoms with E-state index in [1.54, 1.807) is 11.3 Å². The molecule has 2 aromatic heterocycles. The van der Waals surface area contributed by atoms with Crippen molar-refractivity contribution in [2.45, 2.75) is 66.0 Å². The Labute approximate surface area is 216 Å². The third-order valence-electron chi connectivity index (χ3n) is 6.72. The van der Waals surface area contributed by atoms with Crippen molar-refractivity contribution in [1.29, 1.82) is 0 Å². The lowest BCUT2D eigenvalue weighted by Gasteiger charge is -2.30. The lowest BCUT2D eigenvalue weighted by atomic mass is 9.92. The minimum Gasteiger partial charge on any atom is -0.494 e. The number of carbonyl (C=O) groups excluding carboxylic acids is 1. The summed E-state index contributed by atoms with van der Waals surface area (Å²) in [4.78, 5) is 18.3. The highest BCUT2D eigenvalue weighted by Crippen LogP contribution is 2.48. The van der Waals surface area contributed by atoms with Crippen LogP contribution in [0.1, 0.15) is 56.6 Å². The van der Waals surface area contributed by atoms with Crippen molar-refractivity contribution in [2.24, 2.45) is 0 Å². The number of aryl methyl sites for hydroxylation is 2. The summed E-state index contributed by atoms with van der Waals surface area (Å²) in [5.41, 5.74) is 6.40. The topological polar surface area (TPSA) is 65.4 Å². The summed E-state index contributed by atoms with van der Waals surface area (Å²) in [5.74, 6) is 0.885. The minimum atomic E-state index is -0.445. The van der Waals surface area contributed by atoms with Gasteiger partial charge in [-0.25, -0.2) is 9.78 Å². The second-order valence-corrected chi connectivity index (χ2v) is 10.8. The highest BCUT2D eigenvalue weighted by Gasteiger charge is 2.29. The van der Waals surface area contributed by atoms with E-state index in [1.165, 1.54) is 33.5 Å². The van der Waals surface area contributed by atoms with Gasteiger partial charge in [0.05, 0.1) is 29.6 Å². The number of aromatic nitrogens is 2. The molecule has 2 aromatic carbocycles. The molecule has 5 rings (SSSR count). The third kappa shape index (κ3) is 4.60. The fraction of sp³-hybridized carbons (Fsp3) is 0.379. The molecule has 36 heavy (non-hydrogen) atoms. The Hall–Kier alpha value is -3.32. The van der Waals surface area contributed by atoms with E-state index >= 15 is 0 Å². The van der Waals surface area contributed by atoms with Gasteiger partial charge in [-0.1, -0.05) is 12.1 Å². The summed E-state index contributed by atoms with van der Waals surface area (Å²) in [6, 6.07) is 14.9. The number of rotatable bonds is 7. The number of amides is 1. The Morgan fingerprint density at radius 2 is 1.92 bits per heavy atom. The van der Waals surface area contributed by atoms with Gasteiger partial charge in [0, 0.05) is 33.6 Å². The van der Waals surface area contributed by atoms with Crippen LogP contribution in [-0.4, -0.2) is 28.4 Å². The van der Waals surface area contributed by atoms with Gasteiger partial charge >= 0.3 is 6.09 Å². The molecule has 1 fully saturated rings. The highest BCUT2D eigenvalue weighted by atomic mass is 32.1. The maximum Gasteiger partial charge on any atom is 0.411 e. The van der Waals surface area contributed by atoms with E-state index in [1.807, 2.05) is 32.9 Å². The van der Waals surface area contributed by atoms with Gasteiger partial charge in [-0.3, -0.25) is 5.32 Å². The largest absolute Gasteiger partial charge is 0.494 e. The molecule has 1 aliphatic rings. The normalized spacial score (nSPS) is 13.7. The lowest BCUT2D eigenvalue weighted by Crippen LogP contribution is -2.18. The standard InChI is InChI=1S/C29H33N3O3S/c1-6-34-23-14-15-24-25(16-23)32(22-8-7-9-22)27(26(24)28-30-18(4)19(5)36-28)20-10-12-21(13-11-20)31-29(33)35-17(2)3/h10-17,22H,6-9H2,1-5H3,(H,31,33). The zero-order chi connectivity index (χ0) is 25.4. The van der Waals surface area contributed by atoms with Crippen molar-refractivity contribution in [3.8, 4) is 27.6 Å². The molecule has 1 aliphatic carbocycles. The molecule has 1 saturated carbocycles. The third-order valence-corrected chi connectivity index (χ3v) is 7.81. The molecule has 1 amide bonds.